The van der Waals surface area contributed by atoms with Crippen LogP contribution in [0.5, 0.6) is 0 Å². The largest absolute Gasteiger partial charge is 0.387 e. The molecule has 8 nitrogen and oxygen atoms in total. The second-order valence-corrected chi connectivity index (χ2v) is 7.89. The first kappa shape index (κ1) is 25.6. The Morgan fingerprint density at radius 3 is 2.68 bits per heavy atom. The quantitative estimate of drug-likeness (QED) is 0.254. The second kappa shape index (κ2) is 13.0. The second-order valence-electron chi connectivity index (χ2n) is 7.89. The van der Waals surface area contributed by atoms with Crippen molar-refractivity contribution < 1.29 is 9.84 Å². The first-order valence-electron chi connectivity index (χ1n) is 10.6. The summed E-state index contributed by atoms with van der Waals surface area (Å²) in [4.78, 5) is 11.4. The molecule has 1 aliphatic rings. The number of guanidine groups is 1. The van der Waals surface area contributed by atoms with E-state index in [1.54, 1.807) is 6.20 Å². The van der Waals surface area contributed by atoms with Crippen LogP contribution in [0.25, 0.3) is 0 Å². The molecule has 0 saturated carbocycles. The van der Waals surface area contributed by atoms with Crippen LogP contribution in [-0.4, -0.2) is 77.1 Å². The average Bonchev–Trinajstić information content (AvgIpc) is 3.18. The molecule has 0 spiro atoms. The van der Waals surface area contributed by atoms with E-state index in [0.29, 0.717) is 25.6 Å². The Hall–Kier alpha value is -1.69. The molecule has 31 heavy (non-hydrogen) atoms. The molecule has 3 N–H and O–H groups in total. The number of hydrogen-bond acceptors (Lipinski definition) is 5. The lowest BCUT2D eigenvalue weighted by Gasteiger charge is -2.34. The lowest BCUT2D eigenvalue weighted by atomic mass is 10.1. The number of aliphatic imine (C=N–C) groups is 1. The fourth-order valence-electron chi connectivity index (χ4n) is 3.48. The van der Waals surface area contributed by atoms with Crippen LogP contribution >= 0.6 is 24.0 Å². The minimum atomic E-state index is -0.862. The van der Waals surface area contributed by atoms with Crippen molar-refractivity contribution >= 4 is 29.9 Å². The number of hydrogen-bond donors (Lipinski definition) is 3. The maximum Gasteiger partial charge on any atom is 0.191 e. The van der Waals surface area contributed by atoms with E-state index in [1.807, 2.05) is 38.2 Å². The monoisotopic (exact) mass is 542 g/mol. The average molecular weight is 542 g/mol. The Kier molecular flexibility index (Phi) is 10.7. The Balaban J connectivity index is 0.00000341. The number of nitrogens with one attached hydrogen (secondary N) is 2. The van der Waals surface area contributed by atoms with Gasteiger partial charge in [0.2, 0.25) is 0 Å². The molecule has 172 valence electrons. The molecule has 1 unspecified atom stereocenters. The summed E-state index contributed by atoms with van der Waals surface area (Å²) in [5.41, 5.74) is 0.365. The number of halogens is 1. The van der Waals surface area contributed by atoms with Crippen molar-refractivity contribution in [3.05, 3.63) is 54.1 Å². The first-order chi connectivity index (χ1) is 14.6. The summed E-state index contributed by atoms with van der Waals surface area (Å²) in [6.45, 7) is 10.0. The molecule has 9 heteroatoms. The van der Waals surface area contributed by atoms with Crippen molar-refractivity contribution in [2.24, 2.45) is 4.99 Å². The number of benzene rings is 1. The zero-order chi connectivity index (χ0) is 21.2. The molecule has 2 aromatic rings. The lowest BCUT2D eigenvalue weighted by molar-refractivity contribution is -0.0201. The fraction of sp³-hybridized carbons (Fsp3) is 0.545. The standard InChI is InChI=1S/C22H34N6O2.HI/c1-3-23-21(26-17-22(2,29)18-27-11-13-30-14-12-27)25-15-20-24-9-10-28(20)16-19-7-5-4-6-8-19;/h4-10,29H,3,11-18H2,1-2H3,(H2,23,25,26);1H. The molecular weight excluding hydrogens is 507 g/mol. The third-order valence-corrected chi connectivity index (χ3v) is 5.02. The number of ether oxygens (including phenoxy) is 1. The molecule has 1 fully saturated rings. The fourth-order valence-corrected chi connectivity index (χ4v) is 3.48. The van der Waals surface area contributed by atoms with Gasteiger partial charge in [-0.1, -0.05) is 30.3 Å². The summed E-state index contributed by atoms with van der Waals surface area (Å²) in [5, 5.41) is 17.3. The SMILES string of the molecule is CCNC(=NCc1nccn1Cc1ccccc1)NCC(C)(O)CN1CCOCC1.I. The summed E-state index contributed by atoms with van der Waals surface area (Å²) in [6.07, 6.45) is 3.78. The molecule has 1 atom stereocenters. The minimum absolute atomic E-state index is 0. The zero-order valence-electron chi connectivity index (χ0n) is 18.5. The van der Waals surface area contributed by atoms with Crippen LogP contribution in [0.1, 0.15) is 25.2 Å². The van der Waals surface area contributed by atoms with Crippen LogP contribution in [0.4, 0.5) is 0 Å². The van der Waals surface area contributed by atoms with Gasteiger partial charge in [0.15, 0.2) is 5.96 Å². The van der Waals surface area contributed by atoms with Crippen molar-refractivity contribution in [2.45, 2.75) is 32.5 Å². The van der Waals surface area contributed by atoms with Crippen LogP contribution in [-0.2, 0) is 17.8 Å². The van der Waals surface area contributed by atoms with Gasteiger partial charge in [0, 0.05) is 51.7 Å². The number of β-amino-alcohol motifs (C(OH)–C–C–N with tert-alkyl or cyclic N) is 1. The molecule has 1 saturated heterocycles. The maximum atomic E-state index is 10.8. The van der Waals surface area contributed by atoms with E-state index < -0.39 is 5.60 Å². The number of nitrogens with zero attached hydrogens (tertiary/aromatic N) is 4. The van der Waals surface area contributed by atoms with Gasteiger partial charge in [0.1, 0.15) is 12.4 Å². The summed E-state index contributed by atoms with van der Waals surface area (Å²) in [6, 6.07) is 10.3. The maximum absolute atomic E-state index is 10.8. The normalized spacial score (nSPS) is 16.9. The highest BCUT2D eigenvalue weighted by atomic mass is 127. The van der Waals surface area contributed by atoms with E-state index in [2.05, 4.69) is 42.2 Å². The number of aromatic nitrogens is 2. The van der Waals surface area contributed by atoms with E-state index in [1.165, 1.54) is 5.56 Å². The highest BCUT2D eigenvalue weighted by molar-refractivity contribution is 14.0. The van der Waals surface area contributed by atoms with Crippen molar-refractivity contribution in [2.75, 3.05) is 45.9 Å². The van der Waals surface area contributed by atoms with Crippen molar-refractivity contribution in [1.29, 1.82) is 0 Å². The summed E-state index contributed by atoms with van der Waals surface area (Å²) in [5.74, 6) is 1.57. The van der Waals surface area contributed by atoms with Gasteiger partial charge in [0.25, 0.3) is 0 Å². The van der Waals surface area contributed by atoms with Gasteiger partial charge < -0.3 is 25.0 Å². The van der Waals surface area contributed by atoms with Gasteiger partial charge in [0.05, 0.1) is 18.8 Å². The summed E-state index contributed by atoms with van der Waals surface area (Å²) in [7, 11) is 0. The number of rotatable bonds is 9. The topological polar surface area (TPSA) is 86.9 Å². The van der Waals surface area contributed by atoms with Crippen molar-refractivity contribution in [3.63, 3.8) is 0 Å². The molecule has 2 heterocycles. The number of imidazole rings is 1. The minimum Gasteiger partial charge on any atom is -0.387 e. The Labute approximate surface area is 202 Å². The third kappa shape index (κ3) is 8.76. The highest BCUT2D eigenvalue weighted by Gasteiger charge is 2.25. The predicted molar refractivity (Wildman–Crippen MR) is 134 cm³/mol. The molecule has 0 aliphatic carbocycles. The molecule has 3 rings (SSSR count). The molecule has 0 amide bonds. The summed E-state index contributed by atoms with van der Waals surface area (Å²) < 4.78 is 7.49. The van der Waals surface area contributed by atoms with Gasteiger partial charge in [-0.15, -0.1) is 24.0 Å². The highest BCUT2D eigenvalue weighted by Crippen LogP contribution is 2.08. The molecule has 1 aliphatic heterocycles. The van der Waals surface area contributed by atoms with E-state index in [4.69, 9.17) is 4.74 Å². The molecule has 0 radical (unpaired) electrons. The van der Waals surface area contributed by atoms with E-state index in [-0.39, 0.29) is 24.0 Å². The molecule has 1 aromatic carbocycles. The Morgan fingerprint density at radius 1 is 1.23 bits per heavy atom. The number of morpholine rings is 1. The molecular formula is C22H35IN6O2. The smallest absolute Gasteiger partial charge is 0.191 e. The van der Waals surface area contributed by atoms with Crippen LogP contribution in [0.15, 0.2) is 47.7 Å². The predicted octanol–water partition coefficient (Wildman–Crippen LogP) is 1.69. The van der Waals surface area contributed by atoms with E-state index >= 15 is 0 Å². The van der Waals surface area contributed by atoms with Crippen LogP contribution in [0, 0.1) is 0 Å². The molecule has 1 aromatic heterocycles. The van der Waals surface area contributed by atoms with Gasteiger partial charge >= 0.3 is 0 Å². The van der Waals surface area contributed by atoms with Gasteiger partial charge in [-0.3, -0.25) is 4.90 Å². The number of aliphatic hydroxyl groups is 1. The van der Waals surface area contributed by atoms with Crippen molar-refractivity contribution in [1.82, 2.24) is 25.1 Å². The van der Waals surface area contributed by atoms with Crippen molar-refractivity contribution in [3.8, 4) is 0 Å². The van der Waals surface area contributed by atoms with Gasteiger partial charge in [-0.05, 0) is 19.4 Å². The Morgan fingerprint density at radius 2 is 1.97 bits per heavy atom. The van der Waals surface area contributed by atoms with Gasteiger partial charge in [-0.2, -0.15) is 0 Å². The van der Waals surface area contributed by atoms with E-state index in [9.17, 15) is 5.11 Å². The molecule has 0 bridgehead atoms. The van der Waals surface area contributed by atoms with Gasteiger partial charge in [-0.25, -0.2) is 9.98 Å². The third-order valence-electron chi connectivity index (χ3n) is 5.02. The lowest BCUT2D eigenvalue weighted by Crippen LogP contribution is -2.53. The van der Waals surface area contributed by atoms with E-state index in [0.717, 1.165) is 45.2 Å². The zero-order valence-corrected chi connectivity index (χ0v) is 20.8. The Bertz CT molecular complexity index is 790. The van der Waals surface area contributed by atoms with Crippen LogP contribution in [0.2, 0.25) is 0 Å². The van der Waals surface area contributed by atoms with Crippen LogP contribution < -0.4 is 10.6 Å². The van der Waals surface area contributed by atoms with Crippen LogP contribution in [0.3, 0.4) is 0 Å². The summed E-state index contributed by atoms with van der Waals surface area (Å²) >= 11 is 0. The first-order valence-corrected chi connectivity index (χ1v) is 10.6.